The van der Waals surface area contributed by atoms with Crippen LogP contribution < -0.4 is 10.1 Å². The van der Waals surface area contributed by atoms with E-state index in [9.17, 15) is 9.18 Å². The number of amides is 1. The van der Waals surface area contributed by atoms with Crippen LogP contribution in [0.4, 0.5) is 4.39 Å². The Hall–Kier alpha value is -2.87. The van der Waals surface area contributed by atoms with E-state index in [-0.39, 0.29) is 11.6 Å². The van der Waals surface area contributed by atoms with E-state index in [0.717, 1.165) is 4.47 Å². The van der Waals surface area contributed by atoms with Gasteiger partial charge in [-0.25, -0.2) is 9.37 Å². The van der Waals surface area contributed by atoms with E-state index in [1.54, 1.807) is 18.3 Å². The van der Waals surface area contributed by atoms with Gasteiger partial charge in [-0.15, -0.1) is 0 Å². The summed E-state index contributed by atoms with van der Waals surface area (Å²) in [6, 6.07) is 7.66. The minimum absolute atomic E-state index is 0.0453. The van der Waals surface area contributed by atoms with Crippen LogP contribution in [-0.4, -0.2) is 27.5 Å². The van der Waals surface area contributed by atoms with Crippen molar-refractivity contribution in [2.45, 2.75) is 26.3 Å². The number of hydrogen-bond donors (Lipinski definition) is 1. The average Bonchev–Trinajstić information content (AvgIpc) is 2.72. The van der Waals surface area contributed by atoms with Gasteiger partial charge in [-0.1, -0.05) is 28.9 Å². The number of ether oxygens (including phenoxy) is 1. The van der Waals surface area contributed by atoms with E-state index in [1.807, 2.05) is 19.9 Å². The molecule has 6 nitrogen and oxygen atoms in total. The molecule has 0 aliphatic rings. The second-order valence-electron chi connectivity index (χ2n) is 6.20. The summed E-state index contributed by atoms with van der Waals surface area (Å²) < 4.78 is 20.9. The van der Waals surface area contributed by atoms with Crippen molar-refractivity contribution in [3.63, 3.8) is 0 Å². The van der Waals surface area contributed by atoms with Crippen LogP contribution in [0.2, 0.25) is 0 Å². The van der Waals surface area contributed by atoms with Crippen LogP contribution in [0.15, 0.2) is 53.4 Å². The number of benzene rings is 1. The topological polar surface area (TPSA) is 77.0 Å². The summed E-state index contributed by atoms with van der Waals surface area (Å²) in [6.07, 6.45) is 5.28. The number of halogens is 2. The standard InChI is InChI=1S/C21H20BrFN4O2/c1-3-17(18-10-14(22)7-8-25-18)27-21(28)15-6-5-13(9-16(15)23)19-11-24-12-20(26-19)29-4-2/h5-12,17H,3-4H2,1-2H3,(H,27,28). The Morgan fingerprint density at radius 1 is 1.24 bits per heavy atom. The molecule has 0 aliphatic carbocycles. The summed E-state index contributed by atoms with van der Waals surface area (Å²) in [6.45, 7) is 4.22. The summed E-state index contributed by atoms with van der Waals surface area (Å²) in [7, 11) is 0. The molecule has 8 heteroatoms. The number of pyridine rings is 1. The van der Waals surface area contributed by atoms with E-state index < -0.39 is 11.7 Å². The van der Waals surface area contributed by atoms with Crippen LogP contribution >= 0.6 is 15.9 Å². The van der Waals surface area contributed by atoms with Gasteiger partial charge in [-0.2, -0.15) is 0 Å². The van der Waals surface area contributed by atoms with Crippen molar-refractivity contribution in [1.82, 2.24) is 20.3 Å². The van der Waals surface area contributed by atoms with Crippen LogP contribution in [0.5, 0.6) is 5.88 Å². The molecular weight excluding hydrogens is 439 g/mol. The average molecular weight is 459 g/mol. The number of carbonyl (C=O) groups excluding carboxylic acids is 1. The summed E-state index contributed by atoms with van der Waals surface area (Å²) in [5.74, 6) is -0.781. The molecule has 2 heterocycles. The van der Waals surface area contributed by atoms with Crippen LogP contribution in [-0.2, 0) is 0 Å². The van der Waals surface area contributed by atoms with Crippen LogP contribution in [0.1, 0.15) is 42.4 Å². The molecule has 1 unspecified atom stereocenters. The van der Waals surface area contributed by atoms with E-state index in [0.29, 0.717) is 35.9 Å². The SMILES string of the molecule is CCOc1cncc(-c2ccc(C(=O)NC(CC)c3cc(Br)ccn3)c(F)c2)n1. The van der Waals surface area contributed by atoms with Crippen molar-refractivity contribution in [1.29, 1.82) is 0 Å². The summed E-state index contributed by atoms with van der Waals surface area (Å²) >= 11 is 3.39. The highest BCUT2D eigenvalue weighted by Gasteiger charge is 2.19. The molecule has 3 aromatic rings. The predicted molar refractivity (Wildman–Crippen MR) is 111 cm³/mol. The first-order valence-corrected chi connectivity index (χ1v) is 9.98. The third kappa shape index (κ3) is 5.14. The van der Waals surface area contributed by atoms with Gasteiger partial charge in [-0.3, -0.25) is 14.8 Å². The molecule has 0 radical (unpaired) electrons. The van der Waals surface area contributed by atoms with E-state index in [1.165, 1.54) is 24.5 Å². The van der Waals surface area contributed by atoms with Crippen molar-refractivity contribution in [2.75, 3.05) is 6.61 Å². The molecule has 0 fully saturated rings. The van der Waals surface area contributed by atoms with Crippen LogP contribution in [0.3, 0.4) is 0 Å². The quantitative estimate of drug-likeness (QED) is 0.554. The number of carbonyl (C=O) groups is 1. The minimum Gasteiger partial charge on any atom is -0.477 e. The van der Waals surface area contributed by atoms with Gasteiger partial charge in [0.2, 0.25) is 5.88 Å². The van der Waals surface area contributed by atoms with Gasteiger partial charge in [0.15, 0.2) is 0 Å². The summed E-state index contributed by atoms with van der Waals surface area (Å²) in [5.41, 5.74) is 1.63. The fourth-order valence-corrected chi connectivity index (χ4v) is 3.15. The molecule has 1 amide bonds. The van der Waals surface area contributed by atoms with Gasteiger partial charge in [0.25, 0.3) is 5.91 Å². The Balaban J connectivity index is 1.80. The highest BCUT2D eigenvalue weighted by atomic mass is 79.9. The van der Waals surface area contributed by atoms with Crippen molar-refractivity contribution in [3.8, 4) is 17.1 Å². The molecule has 1 atom stereocenters. The Morgan fingerprint density at radius 3 is 2.76 bits per heavy atom. The zero-order valence-electron chi connectivity index (χ0n) is 16.0. The Kier molecular flexibility index (Phi) is 6.87. The van der Waals surface area contributed by atoms with Crippen molar-refractivity contribution in [2.24, 2.45) is 0 Å². The largest absolute Gasteiger partial charge is 0.477 e. The number of nitrogens with zero attached hydrogens (tertiary/aromatic N) is 3. The molecule has 1 N–H and O–H groups in total. The molecule has 1 aromatic carbocycles. The monoisotopic (exact) mass is 458 g/mol. The first-order chi connectivity index (χ1) is 14.0. The van der Waals surface area contributed by atoms with Gasteiger partial charge in [0.05, 0.1) is 42.0 Å². The van der Waals surface area contributed by atoms with Crippen LogP contribution in [0, 0.1) is 5.82 Å². The lowest BCUT2D eigenvalue weighted by atomic mass is 10.1. The first kappa shape index (κ1) is 20.9. The van der Waals surface area contributed by atoms with Gasteiger partial charge < -0.3 is 10.1 Å². The van der Waals surface area contributed by atoms with Crippen LogP contribution in [0.25, 0.3) is 11.3 Å². The molecule has 0 bridgehead atoms. The highest BCUT2D eigenvalue weighted by Crippen LogP contribution is 2.23. The number of nitrogens with one attached hydrogen (secondary N) is 1. The van der Waals surface area contributed by atoms with E-state index >= 15 is 0 Å². The lowest BCUT2D eigenvalue weighted by molar-refractivity contribution is 0.0930. The molecular formula is C21H20BrFN4O2. The van der Waals surface area contributed by atoms with Gasteiger partial charge >= 0.3 is 0 Å². The molecule has 0 aliphatic heterocycles. The fourth-order valence-electron chi connectivity index (χ4n) is 2.80. The van der Waals surface area contributed by atoms with Gasteiger partial charge in [-0.05, 0) is 37.6 Å². The Bertz CT molecular complexity index is 1020. The number of hydrogen-bond acceptors (Lipinski definition) is 5. The lowest BCUT2D eigenvalue weighted by Crippen LogP contribution is -2.29. The molecule has 29 heavy (non-hydrogen) atoms. The Morgan fingerprint density at radius 2 is 2.07 bits per heavy atom. The van der Waals surface area contributed by atoms with E-state index in [4.69, 9.17) is 4.74 Å². The highest BCUT2D eigenvalue weighted by molar-refractivity contribution is 9.10. The molecule has 2 aromatic heterocycles. The van der Waals surface area contributed by atoms with Crippen molar-refractivity contribution < 1.29 is 13.9 Å². The fraction of sp³-hybridized carbons (Fsp3) is 0.238. The maximum atomic E-state index is 14.7. The summed E-state index contributed by atoms with van der Waals surface area (Å²) in [4.78, 5) is 25.3. The molecule has 150 valence electrons. The predicted octanol–water partition coefficient (Wildman–Crippen LogP) is 4.72. The molecule has 0 saturated carbocycles. The second kappa shape index (κ2) is 9.56. The molecule has 0 spiro atoms. The number of rotatable bonds is 7. The zero-order valence-corrected chi connectivity index (χ0v) is 17.6. The third-order valence-corrected chi connectivity index (χ3v) is 4.72. The second-order valence-corrected chi connectivity index (χ2v) is 7.12. The smallest absolute Gasteiger partial charge is 0.254 e. The van der Waals surface area contributed by atoms with Gasteiger partial charge in [0.1, 0.15) is 5.82 Å². The maximum absolute atomic E-state index is 14.7. The van der Waals surface area contributed by atoms with Crippen molar-refractivity contribution >= 4 is 21.8 Å². The van der Waals surface area contributed by atoms with Gasteiger partial charge in [0, 0.05) is 16.2 Å². The zero-order chi connectivity index (χ0) is 20.8. The summed E-state index contributed by atoms with van der Waals surface area (Å²) in [5, 5.41) is 2.84. The Labute approximate surface area is 176 Å². The minimum atomic E-state index is -0.638. The lowest BCUT2D eigenvalue weighted by Gasteiger charge is -2.17. The maximum Gasteiger partial charge on any atom is 0.254 e. The molecule has 3 rings (SSSR count). The van der Waals surface area contributed by atoms with Crippen molar-refractivity contribution in [3.05, 3.63) is 70.5 Å². The first-order valence-electron chi connectivity index (χ1n) is 9.18. The normalized spacial score (nSPS) is 11.7. The van der Waals surface area contributed by atoms with E-state index in [2.05, 4.69) is 36.2 Å². The third-order valence-electron chi connectivity index (χ3n) is 4.23. The number of aromatic nitrogens is 3. The molecule has 0 saturated heterocycles.